The van der Waals surface area contributed by atoms with E-state index in [1.807, 2.05) is 0 Å². The quantitative estimate of drug-likeness (QED) is 0.208. The third-order valence-electron chi connectivity index (χ3n) is 10.5. The molecule has 2 atom stereocenters. The Balaban J connectivity index is 1.22. The topological polar surface area (TPSA) is 33.9 Å². The van der Waals surface area contributed by atoms with E-state index in [9.17, 15) is 0 Å². The number of benzene rings is 7. The van der Waals surface area contributed by atoms with Crippen LogP contribution in [0.5, 0.6) is 0 Å². The van der Waals surface area contributed by atoms with Gasteiger partial charge in [-0.05, 0) is 64.7 Å². The molecule has 2 unspecified atom stereocenters. The van der Waals surface area contributed by atoms with Gasteiger partial charge in [0.2, 0.25) is 0 Å². The molecule has 4 heterocycles. The van der Waals surface area contributed by atoms with Crippen molar-refractivity contribution in [2.24, 2.45) is 0 Å². The molecule has 48 heavy (non-hydrogen) atoms. The number of aromatic nitrogens is 2. The summed E-state index contributed by atoms with van der Waals surface area (Å²) in [7, 11) is 0. The van der Waals surface area contributed by atoms with Crippen molar-refractivity contribution in [2.45, 2.75) is 12.2 Å². The predicted molar refractivity (Wildman–Crippen MR) is 200 cm³/mol. The van der Waals surface area contributed by atoms with Gasteiger partial charge in [0.15, 0.2) is 0 Å². The summed E-state index contributed by atoms with van der Waals surface area (Å²) >= 11 is 0. The number of fused-ring (bicyclic) bond motifs is 10. The molecule has 2 aromatic heterocycles. The number of anilines is 2. The molecule has 4 nitrogen and oxygen atoms in total. The number of hydrogen-bond donors (Lipinski definition) is 2. The van der Waals surface area contributed by atoms with Crippen molar-refractivity contribution in [1.29, 1.82) is 0 Å². The molecule has 4 heteroatoms. The minimum atomic E-state index is 0.0682. The van der Waals surface area contributed by atoms with Gasteiger partial charge in [-0.1, -0.05) is 115 Å². The predicted octanol–water partition coefficient (Wildman–Crippen LogP) is 11.3. The molecule has 0 radical (unpaired) electrons. The number of para-hydroxylation sites is 3. The van der Waals surface area contributed by atoms with Gasteiger partial charge in [-0.25, -0.2) is 0 Å². The summed E-state index contributed by atoms with van der Waals surface area (Å²) in [5.74, 6) is 0. The number of rotatable bonds is 3. The third-order valence-corrected chi connectivity index (χ3v) is 10.5. The van der Waals surface area contributed by atoms with Crippen LogP contribution in [-0.2, 0) is 0 Å². The van der Waals surface area contributed by atoms with Crippen LogP contribution in [0.4, 0.5) is 11.4 Å². The second-order valence-corrected chi connectivity index (χ2v) is 13.1. The second-order valence-electron chi connectivity index (χ2n) is 13.1. The zero-order valence-corrected chi connectivity index (χ0v) is 26.1. The minimum absolute atomic E-state index is 0.0682. The Labute approximate surface area is 277 Å². The molecule has 0 fully saturated rings. The van der Waals surface area contributed by atoms with Crippen molar-refractivity contribution in [2.75, 3.05) is 10.6 Å². The first kappa shape index (κ1) is 25.9. The zero-order chi connectivity index (χ0) is 31.3. The van der Waals surface area contributed by atoms with E-state index in [1.54, 1.807) is 0 Å². The maximum Gasteiger partial charge on any atom is 0.129 e. The Kier molecular flexibility index (Phi) is 5.19. The molecule has 0 saturated heterocycles. The third kappa shape index (κ3) is 3.54. The Hall–Kier alpha value is -6.26. The summed E-state index contributed by atoms with van der Waals surface area (Å²) in [5.41, 5.74) is 14.6. The maximum absolute atomic E-state index is 3.91. The average Bonchev–Trinajstić information content (AvgIpc) is 3.77. The lowest BCUT2D eigenvalue weighted by molar-refractivity contribution is 0.540. The smallest absolute Gasteiger partial charge is 0.129 e. The molecule has 11 rings (SSSR count). The van der Waals surface area contributed by atoms with Gasteiger partial charge >= 0.3 is 0 Å². The van der Waals surface area contributed by atoms with Gasteiger partial charge in [-0.2, -0.15) is 0 Å². The highest BCUT2D eigenvalue weighted by Gasteiger charge is 2.39. The standard InChI is InChI=1S/C44H30N4/c1-3-11-27(12-4-1)29-15-9-16-31(23-29)47-39-24-30(28-13-5-2-6-14-28)21-22-32(39)35-25-36-33-17-10-18-34-42-44(46-38-20-8-7-19-37(38)45-42)48(43(33)34)41(36)26-40(35)47/h1-26,42,44-46H. The van der Waals surface area contributed by atoms with Crippen molar-refractivity contribution in [3.8, 4) is 27.9 Å². The van der Waals surface area contributed by atoms with E-state index >= 15 is 0 Å². The van der Waals surface area contributed by atoms with E-state index in [2.05, 4.69) is 177 Å². The van der Waals surface area contributed by atoms with Crippen LogP contribution in [0.3, 0.4) is 0 Å². The lowest BCUT2D eigenvalue weighted by Crippen LogP contribution is -2.29. The van der Waals surface area contributed by atoms with Crippen LogP contribution in [0.15, 0.2) is 158 Å². The molecule has 0 aliphatic carbocycles. The first-order valence-electron chi connectivity index (χ1n) is 16.7. The number of nitrogens with zero attached hydrogens (tertiary/aromatic N) is 2. The van der Waals surface area contributed by atoms with Crippen molar-refractivity contribution < 1.29 is 0 Å². The number of nitrogens with one attached hydrogen (secondary N) is 2. The second kappa shape index (κ2) is 9.63. The highest BCUT2D eigenvalue weighted by Crippen LogP contribution is 2.51. The highest BCUT2D eigenvalue weighted by atomic mass is 15.3. The fourth-order valence-electron chi connectivity index (χ4n) is 8.40. The van der Waals surface area contributed by atoms with Crippen molar-refractivity contribution in [1.82, 2.24) is 9.13 Å². The van der Waals surface area contributed by atoms with E-state index in [1.165, 1.54) is 71.4 Å². The van der Waals surface area contributed by atoms with E-state index in [0.29, 0.717) is 0 Å². The molecular formula is C44H30N4. The van der Waals surface area contributed by atoms with E-state index < -0.39 is 0 Å². The van der Waals surface area contributed by atoms with Crippen LogP contribution in [0.25, 0.3) is 71.6 Å². The highest BCUT2D eigenvalue weighted by molar-refractivity contribution is 6.20. The Bertz CT molecular complexity index is 2740. The van der Waals surface area contributed by atoms with E-state index in [0.717, 1.165) is 17.1 Å². The average molecular weight is 615 g/mol. The van der Waals surface area contributed by atoms with Crippen LogP contribution in [0.2, 0.25) is 0 Å². The van der Waals surface area contributed by atoms with Gasteiger partial charge in [0.1, 0.15) is 6.17 Å². The number of hydrogen-bond acceptors (Lipinski definition) is 2. The van der Waals surface area contributed by atoms with Gasteiger partial charge in [0, 0.05) is 32.8 Å². The molecule has 2 N–H and O–H groups in total. The Morgan fingerprint density at radius 2 is 1.06 bits per heavy atom. The molecule has 0 saturated carbocycles. The van der Waals surface area contributed by atoms with Gasteiger partial charge in [-0.15, -0.1) is 0 Å². The molecule has 2 aliphatic heterocycles. The van der Waals surface area contributed by atoms with Crippen LogP contribution < -0.4 is 10.6 Å². The van der Waals surface area contributed by atoms with E-state index in [-0.39, 0.29) is 12.2 Å². The molecule has 7 aromatic carbocycles. The first-order chi connectivity index (χ1) is 23.8. The lowest BCUT2D eigenvalue weighted by Gasteiger charge is -2.33. The van der Waals surface area contributed by atoms with Crippen LogP contribution in [0, 0.1) is 0 Å². The van der Waals surface area contributed by atoms with E-state index in [4.69, 9.17) is 0 Å². The summed E-state index contributed by atoms with van der Waals surface area (Å²) in [4.78, 5) is 0. The molecule has 9 aromatic rings. The van der Waals surface area contributed by atoms with Gasteiger partial charge in [0.25, 0.3) is 0 Å². The van der Waals surface area contributed by atoms with Crippen molar-refractivity contribution in [3.05, 3.63) is 163 Å². The molecule has 0 spiro atoms. The monoisotopic (exact) mass is 614 g/mol. The lowest BCUT2D eigenvalue weighted by atomic mass is 9.99. The van der Waals surface area contributed by atoms with Crippen molar-refractivity contribution in [3.63, 3.8) is 0 Å². The fourth-order valence-corrected chi connectivity index (χ4v) is 8.40. The largest absolute Gasteiger partial charge is 0.373 e. The molecule has 2 aliphatic rings. The minimum Gasteiger partial charge on any atom is -0.373 e. The fraction of sp³-hybridized carbons (Fsp3) is 0.0455. The summed E-state index contributed by atoms with van der Waals surface area (Å²) in [6.07, 6.45) is 0.0682. The van der Waals surface area contributed by atoms with Gasteiger partial charge in [0.05, 0.1) is 39.5 Å². The summed E-state index contributed by atoms with van der Waals surface area (Å²) in [6, 6.07) is 57.7. The van der Waals surface area contributed by atoms with Crippen LogP contribution in [0.1, 0.15) is 17.8 Å². The van der Waals surface area contributed by atoms with Crippen LogP contribution >= 0.6 is 0 Å². The first-order valence-corrected chi connectivity index (χ1v) is 16.7. The zero-order valence-electron chi connectivity index (χ0n) is 26.1. The van der Waals surface area contributed by atoms with Crippen molar-refractivity contribution >= 4 is 55.0 Å². The van der Waals surface area contributed by atoms with Crippen LogP contribution in [-0.4, -0.2) is 9.13 Å². The maximum atomic E-state index is 3.91. The SMILES string of the molecule is c1ccc(-c2cccc(-n3c4cc(-c5ccccc5)ccc4c4cc5c6cccc7c6n(c5cc43)C3Nc4ccccc4NC73)c2)cc1. The summed E-state index contributed by atoms with van der Waals surface area (Å²) in [5, 5.41) is 12.9. The Morgan fingerprint density at radius 1 is 0.417 bits per heavy atom. The molecular weight excluding hydrogens is 585 g/mol. The summed E-state index contributed by atoms with van der Waals surface area (Å²) in [6.45, 7) is 0. The summed E-state index contributed by atoms with van der Waals surface area (Å²) < 4.78 is 5.02. The van der Waals surface area contributed by atoms with Gasteiger partial charge < -0.3 is 19.8 Å². The molecule has 0 amide bonds. The molecule has 0 bridgehead atoms. The van der Waals surface area contributed by atoms with Gasteiger partial charge in [-0.3, -0.25) is 0 Å². The molecule has 226 valence electrons. The normalized spacial score (nSPS) is 16.2. The Morgan fingerprint density at radius 3 is 1.85 bits per heavy atom.